The Morgan fingerprint density at radius 3 is 2.72 bits per heavy atom. The molecule has 0 bridgehead atoms. The summed E-state index contributed by atoms with van der Waals surface area (Å²) in [7, 11) is 0. The van der Waals surface area contributed by atoms with E-state index in [0.717, 1.165) is 28.6 Å². The number of hydrogen-bond acceptors (Lipinski definition) is 5. The SMILES string of the molecule is Cc1ccc(NC(=O)CSc2nc3c(oc4ccccc43)c(=O)n2CCC(C)C)c(C)c1. The number of hydrogen-bond donors (Lipinski definition) is 1. The predicted molar refractivity (Wildman–Crippen MR) is 130 cm³/mol. The van der Waals surface area contributed by atoms with Crippen LogP contribution in [0.15, 0.2) is 56.8 Å². The molecule has 4 rings (SSSR count). The summed E-state index contributed by atoms with van der Waals surface area (Å²) in [6, 6.07) is 13.4. The molecular formula is C25H27N3O3S. The van der Waals surface area contributed by atoms with Crippen molar-refractivity contribution in [1.82, 2.24) is 9.55 Å². The minimum atomic E-state index is -0.205. The van der Waals surface area contributed by atoms with Crippen LogP contribution in [0.3, 0.4) is 0 Å². The van der Waals surface area contributed by atoms with E-state index in [0.29, 0.717) is 28.7 Å². The van der Waals surface area contributed by atoms with Crippen molar-refractivity contribution in [3.63, 3.8) is 0 Å². The number of carbonyl (C=O) groups is 1. The van der Waals surface area contributed by atoms with E-state index in [1.807, 2.05) is 56.3 Å². The van der Waals surface area contributed by atoms with Gasteiger partial charge in [-0.2, -0.15) is 0 Å². The van der Waals surface area contributed by atoms with Crippen LogP contribution in [-0.2, 0) is 11.3 Å². The van der Waals surface area contributed by atoms with Gasteiger partial charge in [-0.3, -0.25) is 14.2 Å². The fourth-order valence-electron chi connectivity index (χ4n) is 3.62. The van der Waals surface area contributed by atoms with Crippen LogP contribution in [-0.4, -0.2) is 21.2 Å². The second kappa shape index (κ2) is 9.20. The molecule has 0 saturated carbocycles. The number of aromatic nitrogens is 2. The lowest BCUT2D eigenvalue weighted by atomic mass is 10.1. The number of benzene rings is 2. The number of rotatable bonds is 7. The Bertz CT molecular complexity index is 1350. The lowest BCUT2D eigenvalue weighted by Crippen LogP contribution is -2.24. The van der Waals surface area contributed by atoms with Crippen molar-refractivity contribution in [1.29, 1.82) is 0 Å². The minimum absolute atomic E-state index is 0.135. The quantitative estimate of drug-likeness (QED) is 0.296. The van der Waals surface area contributed by atoms with Gasteiger partial charge < -0.3 is 9.73 Å². The first kappa shape index (κ1) is 22.1. The van der Waals surface area contributed by atoms with E-state index in [1.54, 1.807) is 4.57 Å². The minimum Gasteiger partial charge on any atom is -0.448 e. The molecule has 0 unspecified atom stereocenters. The first-order valence-corrected chi connectivity index (χ1v) is 11.7. The molecule has 0 saturated heterocycles. The highest BCUT2D eigenvalue weighted by Crippen LogP contribution is 2.27. The van der Waals surface area contributed by atoms with Gasteiger partial charge in [-0.05, 0) is 49.9 Å². The Morgan fingerprint density at radius 1 is 1.19 bits per heavy atom. The standard InChI is InChI=1S/C25H27N3O3S/c1-15(2)11-12-28-24(30)23-22(18-7-5-6-8-20(18)31-23)27-25(28)32-14-21(29)26-19-10-9-16(3)13-17(19)4/h5-10,13,15H,11-12,14H2,1-4H3,(H,26,29). The summed E-state index contributed by atoms with van der Waals surface area (Å²) in [6.07, 6.45) is 0.829. The third kappa shape index (κ3) is 4.58. The van der Waals surface area contributed by atoms with Gasteiger partial charge in [0.05, 0.1) is 5.75 Å². The maximum absolute atomic E-state index is 13.3. The lowest BCUT2D eigenvalue weighted by molar-refractivity contribution is -0.113. The smallest absolute Gasteiger partial charge is 0.297 e. The maximum atomic E-state index is 13.3. The number of nitrogens with zero attached hydrogens (tertiary/aromatic N) is 2. The second-order valence-corrected chi connectivity index (χ2v) is 9.41. The number of fused-ring (bicyclic) bond motifs is 3. The molecule has 166 valence electrons. The number of furan rings is 1. The highest BCUT2D eigenvalue weighted by atomic mass is 32.2. The van der Waals surface area contributed by atoms with Gasteiger partial charge in [0, 0.05) is 17.6 Å². The Labute approximate surface area is 191 Å². The van der Waals surface area contributed by atoms with Crippen LogP contribution in [0.25, 0.3) is 22.1 Å². The molecule has 7 heteroatoms. The third-order valence-electron chi connectivity index (χ3n) is 5.37. The lowest BCUT2D eigenvalue weighted by Gasteiger charge is -2.13. The second-order valence-electron chi connectivity index (χ2n) is 8.46. The fourth-order valence-corrected chi connectivity index (χ4v) is 4.44. The van der Waals surface area contributed by atoms with Crippen LogP contribution >= 0.6 is 11.8 Å². The molecule has 0 fully saturated rings. The zero-order valence-electron chi connectivity index (χ0n) is 18.8. The third-order valence-corrected chi connectivity index (χ3v) is 6.34. The van der Waals surface area contributed by atoms with Gasteiger partial charge in [-0.1, -0.05) is 55.4 Å². The van der Waals surface area contributed by atoms with E-state index in [1.165, 1.54) is 11.8 Å². The average Bonchev–Trinajstić information content (AvgIpc) is 3.12. The van der Waals surface area contributed by atoms with Crippen molar-refractivity contribution in [3.8, 4) is 0 Å². The Morgan fingerprint density at radius 2 is 1.97 bits per heavy atom. The van der Waals surface area contributed by atoms with E-state index in [9.17, 15) is 9.59 Å². The predicted octanol–water partition coefficient (Wildman–Crippen LogP) is 5.54. The number of para-hydroxylation sites is 1. The van der Waals surface area contributed by atoms with Crippen LogP contribution < -0.4 is 10.9 Å². The summed E-state index contributed by atoms with van der Waals surface area (Å²) in [6.45, 7) is 8.74. The number of amides is 1. The average molecular weight is 450 g/mol. The molecule has 0 aliphatic carbocycles. The summed E-state index contributed by atoms with van der Waals surface area (Å²) in [5.74, 6) is 0.450. The zero-order valence-corrected chi connectivity index (χ0v) is 19.6. The molecule has 0 aliphatic heterocycles. The molecule has 1 amide bonds. The number of carbonyl (C=O) groups excluding carboxylic acids is 1. The fraction of sp³-hybridized carbons (Fsp3) is 0.320. The summed E-state index contributed by atoms with van der Waals surface area (Å²) in [5, 5.41) is 4.30. The monoisotopic (exact) mass is 449 g/mol. The van der Waals surface area contributed by atoms with E-state index < -0.39 is 0 Å². The summed E-state index contributed by atoms with van der Waals surface area (Å²) >= 11 is 1.27. The molecule has 0 aliphatic rings. The molecule has 32 heavy (non-hydrogen) atoms. The van der Waals surface area contributed by atoms with Gasteiger partial charge >= 0.3 is 0 Å². The van der Waals surface area contributed by atoms with Gasteiger partial charge in [-0.15, -0.1) is 0 Å². The summed E-state index contributed by atoms with van der Waals surface area (Å²) in [4.78, 5) is 30.7. The number of anilines is 1. The van der Waals surface area contributed by atoms with E-state index in [-0.39, 0.29) is 22.8 Å². The number of aryl methyl sites for hydroxylation is 2. The van der Waals surface area contributed by atoms with Crippen molar-refractivity contribution in [2.24, 2.45) is 5.92 Å². The topological polar surface area (TPSA) is 77.1 Å². The summed E-state index contributed by atoms with van der Waals surface area (Å²) in [5.41, 5.74) is 4.20. The molecule has 0 spiro atoms. The summed E-state index contributed by atoms with van der Waals surface area (Å²) < 4.78 is 7.47. The zero-order chi connectivity index (χ0) is 22.8. The number of nitrogens with one attached hydrogen (secondary N) is 1. The molecule has 2 aromatic heterocycles. The molecule has 0 atom stereocenters. The van der Waals surface area contributed by atoms with Crippen LogP contribution in [0.5, 0.6) is 0 Å². The van der Waals surface area contributed by atoms with E-state index in [4.69, 9.17) is 9.40 Å². The first-order chi connectivity index (χ1) is 15.3. The molecule has 4 aromatic rings. The van der Waals surface area contributed by atoms with Crippen molar-refractivity contribution in [3.05, 3.63) is 63.9 Å². The van der Waals surface area contributed by atoms with E-state index >= 15 is 0 Å². The van der Waals surface area contributed by atoms with Gasteiger partial charge in [0.25, 0.3) is 5.56 Å². The van der Waals surface area contributed by atoms with Gasteiger partial charge in [0.1, 0.15) is 11.1 Å². The maximum Gasteiger partial charge on any atom is 0.297 e. The van der Waals surface area contributed by atoms with Crippen LogP contribution in [0, 0.1) is 19.8 Å². The van der Waals surface area contributed by atoms with E-state index in [2.05, 4.69) is 19.2 Å². The molecule has 2 heterocycles. The van der Waals surface area contributed by atoms with Crippen LogP contribution in [0.1, 0.15) is 31.4 Å². The Hall–Kier alpha value is -3.06. The van der Waals surface area contributed by atoms with Crippen LogP contribution in [0.2, 0.25) is 0 Å². The van der Waals surface area contributed by atoms with Gasteiger partial charge in [-0.25, -0.2) is 4.98 Å². The first-order valence-electron chi connectivity index (χ1n) is 10.8. The molecule has 6 nitrogen and oxygen atoms in total. The highest BCUT2D eigenvalue weighted by molar-refractivity contribution is 7.99. The van der Waals surface area contributed by atoms with Gasteiger partial charge in [0.15, 0.2) is 5.16 Å². The molecule has 1 N–H and O–H groups in total. The van der Waals surface area contributed by atoms with Gasteiger partial charge in [0.2, 0.25) is 11.5 Å². The Kier molecular flexibility index (Phi) is 6.37. The Balaban J connectivity index is 1.64. The highest BCUT2D eigenvalue weighted by Gasteiger charge is 2.19. The van der Waals surface area contributed by atoms with Crippen molar-refractivity contribution < 1.29 is 9.21 Å². The van der Waals surface area contributed by atoms with Crippen molar-refractivity contribution >= 4 is 45.4 Å². The largest absolute Gasteiger partial charge is 0.448 e. The molecular weight excluding hydrogens is 422 g/mol. The number of thioether (sulfide) groups is 1. The van der Waals surface area contributed by atoms with Crippen molar-refractivity contribution in [2.75, 3.05) is 11.1 Å². The normalized spacial score (nSPS) is 11.5. The molecule has 0 radical (unpaired) electrons. The molecule has 2 aromatic carbocycles. The van der Waals surface area contributed by atoms with Crippen molar-refractivity contribution in [2.45, 2.75) is 45.8 Å². The van der Waals surface area contributed by atoms with Crippen LogP contribution in [0.4, 0.5) is 5.69 Å².